The number of carboxylic acids is 1. The lowest BCUT2D eigenvalue weighted by molar-refractivity contribution is -0.138. The van der Waals surface area contributed by atoms with Gasteiger partial charge in [0.2, 0.25) is 0 Å². The summed E-state index contributed by atoms with van der Waals surface area (Å²) in [5.74, 6) is -1.46. The zero-order chi connectivity index (χ0) is 21.5. The Balaban J connectivity index is 1.58. The Labute approximate surface area is 177 Å². The number of guanidine groups is 1. The zero-order valence-electron chi connectivity index (χ0n) is 16.0. The van der Waals surface area contributed by atoms with E-state index in [9.17, 15) is 9.59 Å². The van der Waals surface area contributed by atoms with Gasteiger partial charge in [0.1, 0.15) is 6.04 Å². The summed E-state index contributed by atoms with van der Waals surface area (Å²) in [4.78, 5) is 31.7. The number of hydrogen-bond acceptors (Lipinski definition) is 6. The van der Waals surface area contributed by atoms with Crippen LogP contribution in [0, 0.1) is 0 Å². The maximum atomic E-state index is 12.3. The van der Waals surface area contributed by atoms with E-state index in [1.807, 2.05) is 29.6 Å². The van der Waals surface area contributed by atoms with E-state index in [0.717, 1.165) is 22.4 Å². The number of benzene rings is 2. The molecule has 1 unspecified atom stereocenters. The number of hydrogen-bond donors (Lipinski definition) is 4. The number of carbonyl (C=O) groups is 2. The fourth-order valence-electron chi connectivity index (χ4n) is 2.72. The number of nitrogens with one attached hydrogen (secondary N) is 1. The van der Waals surface area contributed by atoms with Crippen LogP contribution in [0.4, 0.5) is 0 Å². The summed E-state index contributed by atoms with van der Waals surface area (Å²) < 4.78 is 0. The van der Waals surface area contributed by atoms with Crippen LogP contribution in [0.15, 0.2) is 64.4 Å². The number of thiazole rings is 1. The number of aliphatic imine (C=N–C) groups is 1. The van der Waals surface area contributed by atoms with E-state index >= 15 is 0 Å². The molecule has 0 saturated carbocycles. The lowest BCUT2D eigenvalue weighted by atomic mass is 10.0. The minimum Gasteiger partial charge on any atom is -0.480 e. The lowest BCUT2D eigenvalue weighted by Crippen LogP contribution is -2.36. The number of carbonyl (C=O) groups excluding carboxylic acids is 1. The highest BCUT2D eigenvalue weighted by molar-refractivity contribution is 7.07. The first-order valence-corrected chi connectivity index (χ1v) is 10.0. The summed E-state index contributed by atoms with van der Waals surface area (Å²) >= 11 is 1.53. The first-order chi connectivity index (χ1) is 14.4. The molecule has 8 nitrogen and oxygen atoms in total. The average molecular weight is 423 g/mol. The summed E-state index contributed by atoms with van der Waals surface area (Å²) in [6, 6.07) is 13.3. The minimum absolute atomic E-state index is 0.0102. The van der Waals surface area contributed by atoms with Crippen LogP contribution in [-0.4, -0.2) is 34.0 Å². The van der Waals surface area contributed by atoms with Crippen molar-refractivity contribution in [2.75, 3.05) is 0 Å². The van der Waals surface area contributed by atoms with Gasteiger partial charge in [0.25, 0.3) is 5.91 Å². The number of rotatable bonds is 7. The van der Waals surface area contributed by atoms with Gasteiger partial charge in [-0.3, -0.25) is 14.9 Å². The molecule has 6 N–H and O–H groups in total. The molecule has 0 aliphatic rings. The molecule has 0 fully saturated rings. The molecule has 0 bridgehead atoms. The Hall–Kier alpha value is -3.56. The Morgan fingerprint density at radius 1 is 1.17 bits per heavy atom. The third kappa shape index (κ3) is 5.72. The van der Waals surface area contributed by atoms with Gasteiger partial charge in [-0.2, -0.15) is 0 Å². The van der Waals surface area contributed by atoms with Gasteiger partial charge in [-0.1, -0.05) is 30.3 Å². The summed E-state index contributed by atoms with van der Waals surface area (Å²) in [5, 5.41) is 13.4. The predicted octanol–water partition coefficient (Wildman–Crippen LogP) is 2.01. The van der Waals surface area contributed by atoms with Gasteiger partial charge in [0.15, 0.2) is 5.96 Å². The second kappa shape index (κ2) is 9.77. The van der Waals surface area contributed by atoms with Crippen LogP contribution in [-0.2, 0) is 17.8 Å². The van der Waals surface area contributed by atoms with Crippen molar-refractivity contribution in [3.05, 3.63) is 76.1 Å². The van der Waals surface area contributed by atoms with Crippen molar-refractivity contribution < 1.29 is 14.7 Å². The van der Waals surface area contributed by atoms with Gasteiger partial charge < -0.3 is 16.6 Å². The molecule has 3 rings (SSSR count). The molecule has 0 aliphatic carbocycles. The van der Waals surface area contributed by atoms with Crippen LogP contribution in [0.25, 0.3) is 11.3 Å². The molecule has 30 heavy (non-hydrogen) atoms. The molecular formula is C21H21N5O3S. The van der Waals surface area contributed by atoms with Crippen LogP contribution >= 0.6 is 11.3 Å². The van der Waals surface area contributed by atoms with Gasteiger partial charge in [-0.25, -0.2) is 9.98 Å². The van der Waals surface area contributed by atoms with Crippen molar-refractivity contribution in [3.63, 3.8) is 0 Å². The predicted molar refractivity (Wildman–Crippen MR) is 116 cm³/mol. The fraction of sp³-hybridized carbons (Fsp3) is 0.143. The molecule has 0 saturated heterocycles. The molecule has 1 atom stereocenters. The first-order valence-electron chi connectivity index (χ1n) is 9.08. The Morgan fingerprint density at radius 3 is 2.60 bits per heavy atom. The molecule has 0 radical (unpaired) electrons. The molecule has 1 aromatic heterocycles. The molecule has 3 aromatic rings. The van der Waals surface area contributed by atoms with Gasteiger partial charge in [0, 0.05) is 16.5 Å². The van der Waals surface area contributed by atoms with Gasteiger partial charge >= 0.3 is 5.97 Å². The van der Waals surface area contributed by atoms with Crippen LogP contribution in [0.2, 0.25) is 0 Å². The maximum absolute atomic E-state index is 12.3. The van der Waals surface area contributed by atoms with Crippen molar-refractivity contribution in [1.29, 1.82) is 0 Å². The third-order valence-electron chi connectivity index (χ3n) is 4.32. The van der Waals surface area contributed by atoms with E-state index in [2.05, 4.69) is 15.3 Å². The van der Waals surface area contributed by atoms with E-state index in [-0.39, 0.29) is 12.4 Å². The highest BCUT2D eigenvalue weighted by Crippen LogP contribution is 2.20. The van der Waals surface area contributed by atoms with E-state index in [4.69, 9.17) is 16.6 Å². The number of nitrogens with two attached hydrogens (primary N) is 2. The van der Waals surface area contributed by atoms with Crippen molar-refractivity contribution in [2.45, 2.75) is 19.0 Å². The SMILES string of the molecule is NC(=NCc1cccc(-c2cscn2)c1)NC(=O)c1ccc(CC(N)C(=O)O)cc1. The van der Waals surface area contributed by atoms with Gasteiger partial charge in [-0.05, 0) is 35.7 Å². The molecule has 0 aliphatic heterocycles. The number of carboxylic acid groups (broad SMARTS) is 1. The Bertz CT molecular complexity index is 1050. The summed E-state index contributed by atoms with van der Waals surface area (Å²) in [5.41, 5.74) is 17.1. The molecule has 1 amide bonds. The van der Waals surface area contributed by atoms with E-state index in [0.29, 0.717) is 12.1 Å². The number of amides is 1. The third-order valence-corrected chi connectivity index (χ3v) is 4.90. The molecule has 154 valence electrons. The van der Waals surface area contributed by atoms with Gasteiger partial charge in [-0.15, -0.1) is 11.3 Å². The number of aromatic nitrogens is 1. The minimum atomic E-state index is -1.07. The summed E-state index contributed by atoms with van der Waals surface area (Å²) in [6.45, 7) is 0.316. The maximum Gasteiger partial charge on any atom is 0.320 e. The van der Waals surface area contributed by atoms with Crippen LogP contribution < -0.4 is 16.8 Å². The van der Waals surface area contributed by atoms with Gasteiger partial charge in [0.05, 0.1) is 17.7 Å². The zero-order valence-corrected chi connectivity index (χ0v) is 16.8. The molecule has 1 heterocycles. The van der Waals surface area contributed by atoms with E-state index in [1.54, 1.807) is 29.8 Å². The average Bonchev–Trinajstić information content (AvgIpc) is 3.28. The van der Waals surface area contributed by atoms with Crippen molar-refractivity contribution in [2.24, 2.45) is 16.5 Å². The topological polar surface area (TPSA) is 144 Å². The lowest BCUT2D eigenvalue weighted by Gasteiger charge is -2.08. The molecule has 9 heteroatoms. The second-order valence-electron chi connectivity index (χ2n) is 6.58. The van der Waals surface area contributed by atoms with Crippen molar-refractivity contribution in [1.82, 2.24) is 10.3 Å². The quantitative estimate of drug-likeness (QED) is 0.338. The van der Waals surface area contributed by atoms with Crippen molar-refractivity contribution in [3.8, 4) is 11.3 Å². The Morgan fingerprint density at radius 2 is 1.93 bits per heavy atom. The largest absolute Gasteiger partial charge is 0.480 e. The monoisotopic (exact) mass is 423 g/mol. The number of nitrogens with zero attached hydrogens (tertiary/aromatic N) is 2. The highest BCUT2D eigenvalue weighted by Gasteiger charge is 2.13. The first kappa shape index (κ1) is 21.2. The van der Waals surface area contributed by atoms with Crippen LogP contribution in [0.1, 0.15) is 21.5 Å². The Kier molecular flexibility index (Phi) is 6.89. The molecule has 2 aromatic carbocycles. The smallest absolute Gasteiger partial charge is 0.320 e. The van der Waals surface area contributed by atoms with Crippen molar-refractivity contribution >= 4 is 29.2 Å². The number of aliphatic carboxylic acids is 1. The van der Waals surface area contributed by atoms with E-state index < -0.39 is 17.9 Å². The van der Waals surface area contributed by atoms with Crippen LogP contribution in [0.5, 0.6) is 0 Å². The second-order valence-corrected chi connectivity index (χ2v) is 7.29. The standard InChI is InChI=1S/C21H21N5O3S/c22-17(20(28)29)9-13-4-6-15(7-5-13)19(27)26-21(23)24-10-14-2-1-3-16(8-14)18-11-30-12-25-18/h1-8,11-12,17H,9-10,22H2,(H,28,29)(H3,23,24,26,27). The summed E-state index contributed by atoms with van der Waals surface area (Å²) in [7, 11) is 0. The fourth-order valence-corrected chi connectivity index (χ4v) is 3.28. The molecular weight excluding hydrogens is 402 g/mol. The highest BCUT2D eigenvalue weighted by atomic mass is 32.1. The normalized spacial score (nSPS) is 12.4. The van der Waals surface area contributed by atoms with E-state index in [1.165, 1.54) is 11.3 Å². The van der Waals surface area contributed by atoms with Crippen LogP contribution in [0.3, 0.4) is 0 Å². The molecule has 0 spiro atoms. The summed E-state index contributed by atoms with van der Waals surface area (Å²) in [6.07, 6.45) is 0.181.